The summed E-state index contributed by atoms with van der Waals surface area (Å²) in [6.45, 7) is 0. The zero-order chi connectivity index (χ0) is 18.3. The van der Waals surface area contributed by atoms with Crippen molar-refractivity contribution in [2.75, 3.05) is 0 Å². The Morgan fingerprint density at radius 2 is 0.741 bits per heavy atom. The molecule has 0 atom stereocenters. The van der Waals surface area contributed by atoms with E-state index in [0.717, 1.165) is 24.3 Å². The molecule has 132 valence electrons. The molecule has 1 nitrogen and oxygen atoms in total. The van der Waals surface area contributed by atoms with Crippen LogP contribution in [-0.4, -0.2) is 0 Å². The summed E-state index contributed by atoms with van der Waals surface area (Å²) >= 11 is 0. The molecule has 0 amide bonds. The van der Waals surface area contributed by atoms with Crippen LogP contribution in [0.15, 0.2) is 109 Å². The second kappa shape index (κ2) is 8.37. The van der Waals surface area contributed by atoms with Crippen LogP contribution in [0.3, 0.4) is 0 Å². The van der Waals surface area contributed by atoms with Gasteiger partial charge in [0.1, 0.15) is 11.5 Å². The maximum atomic E-state index is 5.86. The maximum absolute atomic E-state index is 5.86. The third kappa shape index (κ3) is 4.86. The summed E-state index contributed by atoms with van der Waals surface area (Å²) in [4.78, 5) is 0. The van der Waals surface area contributed by atoms with Crippen LogP contribution in [0.1, 0.15) is 22.3 Å². The molecule has 4 aromatic carbocycles. The standard InChI is InChI=1S/C26H22O/c1-3-7-21(8-4-1)19-22-11-13-23(14-12-22)20-24-15-17-26(18-16-24)27-25-9-5-2-6-10-25/h1-18H,19-20H2. The summed E-state index contributed by atoms with van der Waals surface area (Å²) in [5.74, 6) is 1.72. The maximum Gasteiger partial charge on any atom is 0.127 e. The number of para-hydroxylation sites is 1. The average molecular weight is 350 g/mol. The van der Waals surface area contributed by atoms with E-state index in [1.807, 2.05) is 42.5 Å². The van der Waals surface area contributed by atoms with E-state index >= 15 is 0 Å². The van der Waals surface area contributed by atoms with Gasteiger partial charge in [0.2, 0.25) is 0 Å². The van der Waals surface area contributed by atoms with Gasteiger partial charge in [0.25, 0.3) is 0 Å². The van der Waals surface area contributed by atoms with Crippen LogP contribution in [0.5, 0.6) is 11.5 Å². The number of ether oxygens (including phenoxy) is 1. The molecule has 0 unspecified atom stereocenters. The molecule has 0 aromatic heterocycles. The smallest absolute Gasteiger partial charge is 0.127 e. The van der Waals surface area contributed by atoms with Crippen molar-refractivity contribution in [2.24, 2.45) is 0 Å². The molecular formula is C26H22O. The molecule has 0 fully saturated rings. The Balaban J connectivity index is 1.37. The number of rotatable bonds is 6. The summed E-state index contributed by atoms with van der Waals surface area (Å²) in [5, 5.41) is 0. The Morgan fingerprint density at radius 3 is 1.26 bits per heavy atom. The molecular weight excluding hydrogens is 328 g/mol. The minimum absolute atomic E-state index is 0.860. The van der Waals surface area contributed by atoms with E-state index in [1.165, 1.54) is 22.3 Å². The fourth-order valence-electron chi connectivity index (χ4n) is 3.14. The normalized spacial score (nSPS) is 10.5. The fraction of sp³-hybridized carbons (Fsp3) is 0.0769. The second-order valence-electron chi connectivity index (χ2n) is 6.71. The third-order valence-electron chi connectivity index (χ3n) is 4.58. The predicted octanol–water partition coefficient (Wildman–Crippen LogP) is 6.66. The molecule has 0 aliphatic rings. The van der Waals surface area contributed by atoms with E-state index < -0.39 is 0 Å². The lowest BCUT2D eigenvalue weighted by Gasteiger charge is -2.08. The SMILES string of the molecule is c1ccc(Cc2ccc(Cc3ccc(Oc4ccccc4)cc3)cc2)cc1. The second-order valence-corrected chi connectivity index (χ2v) is 6.71. The number of hydrogen-bond acceptors (Lipinski definition) is 1. The molecule has 0 spiro atoms. The molecule has 0 saturated heterocycles. The van der Waals surface area contributed by atoms with Gasteiger partial charge in [-0.15, -0.1) is 0 Å². The Kier molecular flexibility index (Phi) is 5.31. The lowest BCUT2D eigenvalue weighted by Crippen LogP contribution is -1.91. The van der Waals surface area contributed by atoms with Crippen LogP contribution in [0.2, 0.25) is 0 Å². The lowest BCUT2D eigenvalue weighted by molar-refractivity contribution is 0.482. The lowest BCUT2D eigenvalue weighted by atomic mass is 10.0. The first-order valence-corrected chi connectivity index (χ1v) is 9.29. The van der Waals surface area contributed by atoms with Crippen LogP contribution >= 0.6 is 0 Å². The van der Waals surface area contributed by atoms with Crippen molar-refractivity contribution in [1.82, 2.24) is 0 Å². The number of hydrogen-bond donors (Lipinski definition) is 0. The minimum atomic E-state index is 0.860. The van der Waals surface area contributed by atoms with Crippen LogP contribution in [0.25, 0.3) is 0 Å². The molecule has 1 heteroatoms. The summed E-state index contributed by atoms with van der Waals surface area (Å²) < 4.78 is 5.86. The molecule has 0 bridgehead atoms. The van der Waals surface area contributed by atoms with Gasteiger partial charge in [-0.3, -0.25) is 0 Å². The van der Waals surface area contributed by atoms with Gasteiger partial charge < -0.3 is 4.74 Å². The molecule has 4 rings (SSSR count). The monoisotopic (exact) mass is 350 g/mol. The average Bonchev–Trinajstić information content (AvgIpc) is 2.73. The van der Waals surface area contributed by atoms with Crippen molar-refractivity contribution in [3.8, 4) is 11.5 Å². The van der Waals surface area contributed by atoms with Gasteiger partial charge in [-0.2, -0.15) is 0 Å². The summed E-state index contributed by atoms with van der Waals surface area (Å²) in [6, 6.07) is 37.7. The molecule has 0 radical (unpaired) electrons. The van der Waals surface area contributed by atoms with E-state index in [4.69, 9.17) is 4.74 Å². The van der Waals surface area contributed by atoms with Crippen LogP contribution < -0.4 is 4.74 Å². The highest BCUT2D eigenvalue weighted by atomic mass is 16.5. The van der Waals surface area contributed by atoms with Crippen molar-refractivity contribution in [1.29, 1.82) is 0 Å². The first-order valence-electron chi connectivity index (χ1n) is 9.29. The first kappa shape index (κ1) is 17.1. The van der Waals surface area contributed by atoms with Gasteiger partial charge in [0.05, 0.1) is 0 Å². The molecule has 0 heterocycles. The Hall–Kier alpha value is -3.32. The van der Waals surface area contributed by atoms with Crippen molar-refractivity contribution < 1.29 is 4.74 Å². The van der Waals surface area contributed by atoms with E-state index in [2.05, 4.69) is 66.7 Å². The van der Waals surface area contributed by atoms with Gasteiger partial charge in [0.15, 0.2) is 0 Å². The molecule has 4 aromatic rings. The minimum Gasteiger partial charge on any atom is -0.457 e. The van der Waals surface area contributed by atoms with Crippen molar-refractivity contribution in [3.05, 3.63) is 131 Å². The Morgan fingerprint density at radius 1 is 0.370 bits per heavy atom. The van der Waals surface area contributed by atoms with Crippen LogP contribution in [0, 0.1) is 0 Å². The van der Waals surface area contributed by atoms with E-state index in [9.17, 15) is 0 Å². The Bertz CT molecular complexity index is 873. The third-order valence-corrected chi connectivity index (χ3v) is 4.58. The highest BCUT2D eigenvalue weighted by Crippen LogP contribution is 2.22. The Labute approximate surface area is 160 Å². The summed E-state index contributed by atoms with van der Waals surface area (Å²) in [6.07, 6.45) is 1.91. The van der Waals surface area contributed by atoms with Gasteiger partial charge in [0, 0.05) is 0 Å². The topological polar surface area (TPSA) is 9.23 Å². The van der Waals surface area contributed by atoms with Crippen molar-refractivity contribution in [3.63, 3.8) is 0 Å². The van der Waals surface area contributed by atoms with Gasteiger partial charge in [-0.25, -0.2) is 0 Å². The molecule has 0 N–H and O–H groups in total. The van der Waals surface area contributed by atoms with Gasteiger partial charge >= 0.3 is 0 Å². The van der Waals surface area contributed by atoms with E-state index in [1.54, 1.807) is 0 Å². The first-order chi connectivity index (χ1) is 13.3. The van der Waals surface area contributed by atoms with Gasteiger partial charge in [-0.05, 0) is 59.4 Å². The molecule has 0 aliphatic carbocycles. The largest absolute Gasteiger partial charge is 0.457 e. The number of benzene rings is 4. The molecule has 0 aliphatic heterocycles. The van der Waals surface area contributed by atoms with Crippen LogP contribution in [0.4, 0.5) is 0 Å². The predicted molar refractivity (Wildman–Crippen MR) is 111 cm³/mol. The fourth-order valence-corrected chi connectivity index (χ4v) is 3.14. The van der Waals surface area contributed by atoms with Crippen molar-refractivity contribution >= 4 is 0 Å². The van der Waals surface area contributed by atoms with E-state index in [0.29, 0.717) is 0 Å². The summed E-state index contributed by atoms with van der Waals surface area (Å²) in [5.41, 5.74) is 5.30. The van der Waals surface area contributed by atoms with Gasteiger partial charge in [-0.1, -0.05) is 84.9 Å². The zero-order valence-electron chi connectivity index (χ0n) is 15.2. The highest BCUT2D eigenvalue weighted by Gasteiger charge is 2.01. The quantitative estimate of drug-likeness (QED) is 0.378. The van der Waals surface area contributed by atoms with Crippen LogP contribution in [-0.2, 0) is 12.8 Å². The highest BCUT2D eigenvalue weighted by molar-refractivity contribution is 5.36. The molecule has 27 heavy (non-hydrogen) atoms. The zero-order valence-corrected chi connectivity index (χ0v) is 15.2. The molecule has 0 saturated carbocycles. The van der Waals surface area contributed by atoms with E-state index in [-0.39, 0.29) is 0 Å². The summed E-state index contributed by atoms with van der Waals surface area (Å²) in [7, 11) is 0. The van der Waals surface area contributed by atoms with Crippen molar-refractivity contribution in [2.45, 2.75) is 12.8 Å².